The highest BCUT2D eigenvalue weighted by molar-refractivity contribution is 7.92. The van der Waals surface area contributed by atoms with Gasteiger partial charge in [-0.2, -0.15) is 0 Å². The van der Waals surface area contributed by atoms with Gasteiger partial charge in [0.15, 0.2) is 0 Å². The molecule has 0 radical (unpaired) electrons. The number of carbonyl (C=O) groups excluding carboxylic acids is 2. The molecule has 0 aliphatic rings. The molecule has 0 aromatic heterocycles. The minimum Gasteiger partial charge on any atom is -0.357 e. The van der Waals surface area contributed by atoms with Gasteiger partial charge in [0, 0.05) is 26.6 Å². The Balaban J connectivity index is 2.06. The molecule has 0 aliphatic heterocycles. The minimum absolute atomic E-state index is 0.147. The molecule has 0 spiro atoms. The van der Waals surface area contributed by atoms with Crippen LogP contribution in [-0.2, 0) is 26.0 Å². The van der Waals surface area contributed by atoms with E-state index >= 15 is 0 Å². The molecule has 1 N–H and O–H groups in total. The fourth-order valence-corrected chi connectivity index (χ4v) is 4.46. The van der Waals surface area contributed by atoms with Gasteiger partial charge in [-0.05, 0) is 44.4 Å². The summed E-state index contributed by atoms with van der Waals surface area (Å²) in [4.78, 5) is 26.8. The summed E-state index contributed by atoms with van der Waals surface area (Å²) >= 11 is 0. The van der Waals surface area contributed by atoms with Crippen LogP contribution in [0.1, 0.15) is 30.9 Å². The van der Waals surface area contributed by atoms with Gasteiger partial charge in [0.2, 0.25) is 21.8 Å². The van der Waals surface area contributed by atoms with Gasteiger partial charge in [-0.1, -0.05) is 48.0 Å². The van der Waals surface area contributed by atoms with Crippen molar-refractivity contribution >= 4 is 27.5 Å². The predicted octanol–water partition coefficient (Wildman–Crippen LogP) is 2.75. The third kappa shape index (κ3) is 7.37. The lowest BCUT2D eigenvalue weighted by Gasteiger charge is -2.29. The summed E-state index contributed by atoms with van der Waals surface area (Å²) in [5, 5.41) is 2.60. The van der Waals surface area contributed by atoms with Gasteiger partial charge in [0.25, 0.3) is 0 Å². The maximum absolute atomic E-state index is 13.0. The molecule has 2 aromatic carbocycles. The molecule has 0 unspecified atom stereocenters. The molecule has 0 aliphatic carbocycles. The molecule has 0 fully saturated rings. The molecule has 0 bridgehead atoms. The predicted molar refractivity (Wildman–Crippen MR) is 128 cm³/mol. The first kappa shape index (κ1) is 25.4. The number of benzene rings is 2. The summed E-state index contributed by atoms with van der Waals surface area (Å²) in [6, 6.07) is 16.4. The Morgan fingerprint density at radius 1 is 1.00 bits per heavy atom. The highest BCUT2D eigenvalue weighted by Crippen LogP contribution is 2.19. The summed E-state index contributed by atoms with van der Waals surface area (Å²) in [5.41, 5.74) is 2.69. The number of sulfonamides is 1. The van der Waals surface area contributed by atoms with E-state index in [1.54, 1.807) is 31.0 Å². The lowest BCUT2D eigenvalue weighted by molar-refractivity contribution is -0.139. The molecule has 0 heterocycles. The molecular weight excluding hydrogens is 426 g/mol. The van der Waals surface area contributed by atoms with E-state index in [1.807, 2.05) is 49.4 Å². The largest absolute Gasteiger partial charge is 0.357 e. The highest BCUT2D eigenvalue weighted by Gasteiger charge is 2.25. The van der Waals surface area contributed by atoms with Gasteiger partial charge >= 0.3 is 0 Å². The van der Waals surface area contributed by atoms with Crippen molar-refractivity contribution in [2.45, 2.75) is 39.2 Å². The Morgan fingerprint density at radius 2 is 1.62 bits per heavy atom. The summed E-state index contributed by atoms with van der Waals surface area (Å²) in [5.74, 6) is -0.404. The lowest BCUT2D eigenvalue weighted by Crippen LogP contribution is -2.48. The minimum atomic E-state index is -3.48. The second kappa shape index (κ2) is 11.7. The molecule has 8 heteroatoms. The van der Waals surface area contributed by atoms with Crippen LogP contribution in [0.5, 0.6) is 0 Å². The monoisotopic (exact) mass is 459 g/mol. The SMILES string of the molecule is CNC(=O)[C@@H](C)N(CCc1ccccc1)C(=O)CCCN(c1ccc(C)cc1)S(C)(=O)=O. The van der Waals surface area contributed by atoms with Crippen LogP contribution in [0.25, 0.3) is 0 Å². The molecule has 2 rings (SSSR count). The summed E-state index contributed by atoms with van der Waals surface area (Å²) in [7, 11) is -1.94. The average molecular weight is 460 g/mol. The number of aryl methyl sites for hydroxylation is 1. The van der Waals surface area contributed by atoms with Crippen molar-refractivity contribution in [2.24, 2.45) is 0 Å². The number of anilines is 1. The molecule has 2 aromatic rings. The van der Waals surface area contributed by atoms with Gasteiger partial charge in [-0.3, -0.25) is 13.9 Å². The van der Waals surface area contributed by atoms with Crippen LogP contribution < -0.4 is 9.62 Å². The van der Waals surface area contributed by atoms with Crippen LogP contribution in [0.15, 0.2) is 54.6 Å². The Morgan fingerprint density at radius 3 is 2.19 bits per heavy atom. The molecule has 0 saturated heterocycles. The van der Waals surface area contributed by atoms with E-state index < -0.39 is 16.1 Å². The number of rotatable bonds is 11. The second-order valence-corrected chi connectivity index (χ2v) is 9.79. The van der Waals surface area contributed by atoms with Crippen molar-refractivity contribution in [3.05, 3.63) is 65.7 Å². The molecule has 2 amide bonds. The Kier molecular flexibility index (Phi) is 9.26. The quantitative estimate of drug-likeness (QED) is 0.560. The summed E-state index contributed by atoms with van der Waals surface area (Å²) in [6.07, 6.45) is 2.29. The second-order valence-electron chi connectivity index (χ2n) is 7.89. The Bertz CT molecular complexity index is 992. The molecule has 32 heavy (non-hydrogen) atoms. The van der Waals surface area contributed by atoms with Crippen molar-refractivity contribution in [3.63, 3.8) is 0 Å². The van der Waals surface area contributed by atoms with Gasteiger partial charge in [-0.25, -0.2) is 8.42 Å². The van der Waals surface area contributed by atoms with Crippen LogP contribution in [-0.4, -0.2) is 57.6 Å². The highest BCUT2D eigenvalue weighted by atomic mass is 32.2. The first-order valence-electron chi connectivity index (χ1n) is 10.7. The number of hydrogen-bond acceptors (Lipinski definition) is 4. The zero-order chi connectivity index (χ0) is 23.7. The lowest BCUT2D eigenvalue weighted by atomic mass is 10.1. The van der Waals surface area contributed by atoms with Crippen LogP contribution in [0, 0.1) is 6.92 Å². The number of likely N-dealkylation sites (N-methyl/N-ethyl adjacent to an activating group) is 1. The van der Waals surface area contributed by atoms with E-state index in [4.69, 9.17) is 0 Å². The average Bonchev–Trinajstić information content (AvgIpc) is 2.77. The number of carbonyl (C=O) groups is 2. The van der Waals surface area contributed by atoms with Crippen molar-refractivity contribution in [1.82, 2.24) is 10.2 Å². The van der Waals surface area contributed by atoms with Gasteiger partial charge in [-0.15, -0.1) is 0 Å². The first-order valence-corrected chi connectivity index (χ1v) is 12.6. The van der Waals surface area contributed by atoms with Crippen molar-refractivity contribution in [1.29, 1.82) is 0 Å². The zero-order valence-electron chi connectivity index (χ0n) is 19.2. The fraction of sp³-hybridized carbons (Fsp3) is 0.417. The summed E-state index contributed by atoms with van der Waals surface area (Å²) < 4.78 is 25.9. The molecule has 0 saturated carbocycles. The van der Waals surface area contributed by atoms with Crippen molar-refractivity contribution in [3.8, 4) is 0 Å². The van der Waals surface area contributed by atoms with Gasteiger partial charge < -0.3 is 10.2 Å². The normalized spacial score (nSPS) is 12.1. The number of nitrogens with zero attached hydrogens (tertiary/aromatic N) is 2. The molecule has 174 valence electrons. The topological polar surface area (TPSA) is 86.8 Å². The van der Waals surface area contributed by atoms with Crippen LogP contribution in [0.3, 0.4) is 0 Å². The maximum atomic E-state index is 13.0. The Labute approximate surface area is 191 Å². The standard InChI is InChI=1S/C24H33N3O4S/c1-19-12-14-22(15-13-19)27(32(4,30)31)17-8-11-23(28)26(20(2)24(29)25-3)18-16-21-9-6-5-7-10-21/h5-7,9-10,12-15,20H,8,11,16-18H2,1-4H3,(H,25,29)/t20-/m1/s1. The van der Waals surface area contributed by atoms with Crippen LogP contribution in [0.4, 0.5) is 5.69 Å². The zero-order valence-corrected chi connectivity index (χ0v) is 20.1. The van der Waals surface area contributed by atoms with E-state index in [0.717, 1.165) is 17.4 Å². The number of amides is 2. The first-order chi connectivity index (χ1) is 15.1. The van der Waals surface area contributed by atoms with E-state index in [0.29, 0.717) is 25.1 Å². The smallest absolute Gasteiger partial charge is 0.242 e. The van der Waals surface area contributed by atoms with E-state index in [1.165, 1.54) is 4.31 Å². The Hall–Kier alpha value is -2.87. The number of hydrogen-bond donors (Lipinski definition) is 1. The van der Waals surface area contributed by atoms with Crippen LogP contribution in [0.2, 0.25) is 0 Å². The van der Waals surface area contributed by atoms with Crippen molar-refractivity contribution < 1.29 is 18.0 Å². The maximum Gasteiger partial charge on any atom is 0.242 e. The molecule has 1 atom stereocenters. The van der Waals surface area contributed by atoms with Crippen molar-refractivity contribution in [2.75, 3.05) is 30.7 Å². The van der Waals surface area contributed by atoms with E-state index in [2.05, 4.69) is 5.32 Å². The number of nitrogens with one attached hydrogen (secondary N) is 1. The van der Waals surface area contributed by atoms with Crippen LogP contribution >= 0.6 is 0 Å². The van der Waals surface area contributed by atoms with E-state index in [9.17, 15) is 18.0 Å². The fourth-order valence-electron chi connectivity index (χ4n) is 3.49. The van der Waals surface area contributed by atoms with Gasteiger partial charge in [0.05, 0.1) is 11.9 Å². The van der Waals surface area contributed by atoms with Gasteiger partial charge in [0.1, 0.15) is 6.04 Å². The molecule has 7 nitrogen and oxygen atoms in total. The third-order valence-electron chi connectivity index (χ3n) is 5.37. The summed E-state index contributed by atoms with van der Waals surface area (Å²) in [6.45, 7) is 4.24. The third-order valence-corrected chi connectivity index (χ3v) is 6.57. The molecular formula is C24H33N3O4S. The van der Waals surface area contributed by atoms with E-state index in [-0.39, 0.29) is 24.8 Å².